The topological polar surface area (TPSA) is 32.3 Å². The van der Waals surface area contributed by atoms with Crippen molar-refractivity contribution in [2.75, 3.05) is 6.54 Å². The van der Waals surface area contributed by atoms with Crippen LogP contribution in [0, 0.1) is 12.7 Å². The molecule has 0 fully saturated rings. The molecule has 0 radical (unpaired) electrons. The Labute approximate surface area is 96.5 Å². The number of hydrogen-bond acceptors (Lipinski definition) is 2. The molecule has 0 aliphatic rings. The van der Waals surface area contributed by atoms with Gasteiger partial charge in [0.15, 0.2) is 0 Å². The molecule has 0 bridgehead atoms. The predicted octanol–water partition coefficient (Wildman–Crippen LogP) is 2.38. The Morgan fingerprint density at radius 2 is 2.12 bits per heavy atom. The summed E-state index contributed by atoms with van der Waals surface area (Å²) in [6, 6.07) is 5.06. The number of benzene rings is 1. The van der Waals surface area contributed by atoms with Crippen LogP contribution in [0.4, 0.5) is 4.39 Å². The van der Waals surface area contributed by atoms with Gasteiger partial charge in [-0.3, -0.25) is 0 Å². The van der Waals surface area contributed by atoms with Crippen LogP contribution in [0.2, 0.25) is 0 Å². The summed E-state index contributed by atoms with van der Waals surface area (Å²) in [5.74, 6) is -0.177. The van der Waals surface area contributed by atoms with E-state index in [9.17, 15) is 9.50 Å². The van der Waals surface area contributed by atoms with Crippen LogP contribution in [0.5, 0.6) is 0 Å². The standard InChI is InChI=1S/C13H20FNO/c1-4-13(3,16)9-15-8-11-5-6-12(14)10(2)7-11/h5-7,15-16H,4,8-9H2,1-3H3. The van der Waals surface area contributed by atoms with Crippen molar-refractivity contribution in [3.63, 3.8) is 0 Å². The molecule has 16 heavy (non-hydrogen) atoms. The molecule has 2 N–H and O–H groups in total. The first-order valence-electron chi connectivity index (χ1n) is 5.63. The Morgan fingerprint density at radius 1 is 1.44 bits per heavy atom. The van der Waals surface area contributed by atoms with E-state index in [0.29, 0.717) is 25.1 Å². The summed E-state index contributed by atoms with van der Waals surface area (Å²) in [5, 5.41) is 12.9. The quantitative estimate of drug-likeness (QED) is 0.806. The Balaban J connectivity index is 2.46. The summed E-state index contributed by atoms with van der Waals surface area (Å²) in [4.78, 5) is 0. The fraction of sp³-hybridized carbons (Fsp3) is 0.538. The first-order chi connectivity index (χ1) is 7.44. The van der Waals surface area contributed by atoms with Gasteiger partial charge in [0, 0.05) is 13.1 Å². The molecule has 0 saturated carbocycles. The summed E-state index contributed by atoms with van der Waals surface area (Å²) in [5.41, 5.74) is 1.02. The summed E-state index contributed by atoms with van der Waals surface area (Å²) in [6.45, 7) is 6.69. The number of rotatable bonds is 5. The Kier molecular flexibility index (Phi) is 4.44. The molecule has 0 aromatic heterocycles. The van der Waals surface area contributed by atoms with Crippen molar-refractivity contribution in [1.29, 1.82) is 0 Å². The highest BCUT2D eigenvalue weighted by Crippen LogP contribution is 2.10. The molecule has 1 aromatic rings. The molecule has 1 unspecified atom stereocenters. The van der Waals surface area contributed by atoms with E-state index < -0.39 is 5.60 Å². The van der Waals surface area contributed by atoms with Crippen LogP contribution in [0.25, 0.3) is 0 Å². The average Bonchev–Trinajstić information content (AvgIpc) is 2.23. The SMILES string of the molecule is CCC(C)(O)CNCc1ccc(F)c(C)c1. The normalized spacial score (nSPS) is 14.8. The molecule has 0 spiro atoms. The van der Waals surface area contributed by atoms with E-state index in [1.807, 2.05) is 13.0 Å². The Bertz CT molecular complexity index is 350. The maximum atomic E-state index is 13.0. The van der Waals surface area contributed by atoms with E-state index in [0.717, 1.165) is 5.56 Å². The Hall–Kier alpha value is -0.930. The molecule has 3 heteroatoms. The van der Waals surface area contributed by atoms with Crippen molar-refractivity contribution < 1.29 is 9.50 Å². The largest absolute Gasteiger partial charge is 0.389 e. The fourth-order valence-corrected chi connectivity index (χ4v) is 1.42. The van der Waals surface area contributed by atoms with Crippen LogP contribution in [-0.2, 0) is 6.54 Å². The van der Waals surface area contributed by atoms with Crippen molar-refractivity contribution in [1.82, 2.24) is 5.32 Å². The molecule has 0 amide bonds. The lowest BCUT2D eigenvalue weighted by Gasteiger charge is -2.21. The molecule has 1 aromatic carbocycles. The zero-order valence-corrected chi connectivity index (χ0v) is 10.2. The van der Waals surface area contributed by atoms with E-state index in [1.54, 1.807) is 19.9 Å². The smallest absolute Gasteiger partial charge is 0.126 e. The number of nitrogens with one attached hydrogen (secondary N) is 1. The van der Waals surface area contributed by atoms with Crippen LogP contribution < -0.4 is 5.32 Å². The number of hydrogen-bond donors (Lipinski definition) is 2. The van der Waals surface area contributed by atoms with Gasteiger partial charge in [-0.1, -0.05) is 19.1 Å². The highest BCUT2D eigenvalue weighted by molar-refractivity contribution is 5.23. The van der Waals surface area contributed by atoms with Gasteiger partial charge in [-0.2, -0.15) is 0 Å². The lowest BCUT2D eigenvalue weighted by Crippen LogP contribution is -2.36. The first kappa shape index (κ1) is 13.1. The van der Waals surface area contributed by atoms with Crippen LogP contribution >= 0.6 is 0 Å². The summed E-state index contributed by atoms with van der Waals surface area (Å²) < 4.78 is 13.0. The first-order valence-corrected chi connectivity index (χ1v) is 5.63. The summed E-state index contributed by atoms with van der Waals surface area (Å²) >= 11 is 0. The minimum atomic E-state index is -0.672. The van der Waals surface area contributed by atoms with Crippen LogP contribution in [-0.4, -0.2) is 17.3 Å². The third kappa shape index (κ3) is 3.91. The Morgan fingerprint density at radius 3 is 2.69 bits per heavy atom. The monoisotopic (exact) mass is 225 g/mol. The van der Waals surface area contributed by atoms with E-state index >= 15 is 0 Å². The third-order valence-electron chi connectivity index (χ3n) is 2.82. The molecular weight excluding hydrogens is 205 g/mol. The molecule has 0 aliphatic heterocycles. The maximum Gasteiger partial charge on any atom is 0.126 e. The van der Waals surface area contributed by atoms with Crippen LogP contribution in [0.15, 0.2) is 18.2 Å². The minimum Gasteiger partial charge on any atom is -0.389 e. The number of aryl methyl sites for hydroxylation is 1. The van der Waals surface area contributed by atoms with Crippen LogP contribution in [0.1, 0.15) is 31.4 Å². The van der Waals surface area contributed by atoms with E-state index in [-0.39, 0.29) is 5.82 Å². The lowest BCUT2D eigenvalue weighted by molar-refractivity contribution is 0.0555. The molecule has 0 heterocycles. The van der Waals surface area contributed by atoms with Gasteiger partial charge < -0.3 is 10.4 Å². The number of halogens is 1. The van der Waals surface area contributed by atoms with Gasteiger partial charge >= 0.3 is 0 Å². The lowest BCUT2D eigenvalue weighted by atomic mass is 10.0. The molecular formula is C13H20FNO. The highest BCUT2D eigenvalue weighted by atomic mass is 19.1. The third-order valence-corrected chi connectivity index (χ3v) is 2.82. The summed E-state index contributed by atoms with van der Waals surface area (Å²) in [7, 11) is 0. The second kappa shape index (κ2) is 5.41. The van der Waals surface area contributed by atoms with Gasteiger partial charge in [0.05, 0.1) is 5.60 Å². The van der Waals surface area contributed by atoms with Crippen molar-refractivity contribution in [2.45, 2.75) is 39.3 Å². The molecule has 2 nitrogen and oxygen atoms in total. The molecule has 1 rings (SSSR count). The average molecular weight is 225 g/mol. The van der Waals surface area contributed by atoms with E-state index in [2.05, 4.69) is 5.32 Å². The van der Waals surface area contributed by atoms with Crippen LogP contribution in [0.3, 0.4) is 0 Å². The van der Waals surface area contributed by atoms with E-state index in [4.69, 9.17) is 0 Å². The minimum absolute atomic E-state index is 0.177. The van der Waals surface area contributed by atoms with Gasteiger partial charge in [-0.15, -0.1) is 0 Å². The molecule has 0 saturated heterocycles. The second-order valence-electron chi connectivity index (χ2n) is 4.54. The van der Waals surface area contributed by atoms with Crippen molar-refractivity contribution in [2.24, 2.45) is 0 Å². The fourth-order valence-electron chi connectivity index (χ4n) is 1.42. The second-order valence-corrected chi connectivity index (χ2v) is 4.54. The van der Waals surface area contributed by atoms with E-state index in [1.165, 1.54) is 6.07 Å². The highest BCUT2D eigenvalue weighted by Gasteiger charge is 2.16. The van der Waals surface area contributed by atoms with Gasteiger partial charge in [-0.25, -0.2) is 4.39 Å². The van der Waals surface area contributed by atoms with Gasteiger partial charge in [0.25, 0.3) is 0 Å². The number of aliphatic hydroxyl groups is 1. The van der Waals surface area contributed by atoms with Gasteiger partial charge in [0.1, 0.15) is 5.82 Å². The summed E-state index contributed by atoms with van der Waals surface area (Å²) in [6.07, 6.45) is 0.711. The van der Waals surface area contributed by atoms with Gasteiger partial charge in [-0.05, 0) is 37.5 Å². The van der Waals surface area contributed by atoms with Crippen molar-refractivity contribution in [3.8, 4) is 0 Å². The van der Waals surface area contributed by atoms with Crippen molar-refractivity contribution >= 4 is 0 Å². The van der Waals surface area contributed by atoms with Gasteiger partial charge in [0.2, 0.25) is 0 Å². The maximum absolute atomic E-state index is 13.0. The van der Waals surface area contributed by atoms with Crippen molar-refractivity contribution in [3.05, 3.63) is 35.1 Å². The zero-order chi connectivity index (χ0) is 12.2. The molecule has 90 valence electrons. The predicted molar refractivity (Wildman–Crippen MR) is 63.8 cm³/mol. The molecule has 0 aliphatic carbocycles. The molecule has 1 atom stereocenters. The zero-order valence-electron chi connectivity index (χ0n) is 10.2.